The van der Waals surface area contributed by atoms with Crippen LogP contribution in [-0.2, 0) is 13.1 Å². The molecule has 1 N–H and O–H groups in total. The fourth-order valence-corrected chi connectivity index (χ4v) is 4.15. The third kappa shape index (κ3) is 3.32. The van der Waals surface area contributed by atoms with Gasteiger partial charge in [0.15, 0.2) is 0 Å². The van der Waals surface area contributed by atoms with Crippen LogP contribution in [0.25, 0.3) is 11.0 Å². The van der Waals surface area contributed by atoms with Crippen LogP contribution in [0, 0.1) is 13.8 Å². The Morgan fingerprint density at radius 1 is 0.967 bits per heavy atom. The first-order valence-corrected chi connectivity index (χ1v) is 10.3. The van der Waals surface area contributed by atoms with Crippen LogP contribution < -0.4 is 10.2 Å². The Kier molecular flexibility index (Phi) is 4.51. The van der Waals surface area contributed by atoms with Gasteiger partial charge in [-0.25, -0.2) is 4.98 Å². The van der Waals surface area contributed by atoms with Crippen molar-refractivity contribution in [2.24, 2.45) is 0 Å². The second-order valence-corrected chi connectivity index (χ2v) is 7.91. The molecule has 4 aromatic rings. The van der Waals surface area contributed by atoms with Crippen molar-refractivity contribution in [3.8, 4) is 0 Å². The van der Waals surface area contributed by atoms with E-state index in [0.717, 1.165) is 53.5 Å². The van der Waals surface area contributed by atoms with Crippen LogP contribution in [0.2, 0.25) is 0 Å². The number of carbonyl (C=O) groups is 1. The topological polar surface area (TPSA) is 50.2 Å². The molecule has 5 heteroatoms. The Labute approximate surface area is 176 Å². The molecule has 5 nitrogen and oxygen atoms in total. The number of carbonyl (C=O) groups excluding carboxylic acids is 1. The van der Waals surface area contributed by atoms with Crippen LogP contribution in [0.15, 0.2) is 66.7 Å². The lowest BCUT2D eigenvalue weighted by Gasteiger charge is -2.30. The summed E-state index contributed by atoms with van der Waals surface area (Å²) < 4.78 is 2.31. The molecule has 1 aromatic heterocycles. The van der Waals surface area contributed by atoms with Crippen molar-refractivity contribution in [3.63, 3.8) is 0 Å². The number of amides is 1. The molecule has 0 aliphatic carbocycles. The first-order chi connectivity index (χ1) is 14.6. The molecule has 150 valence electrons. The molecular formula is C25H24N4O. The van der Waals surface area contributed by atoms with Crippen LogP contribution in [0.4, 0.5) is 11.4 Å². The normalized spacial score (nSPS) is 13.3. The van der Waals surface area contributed by atoms with E-state index in [1.165, 1.54) is 5.52 Å². The third-order valence-corrected chi connectivity index (χ3v) is 5.76. The highest BCUT2D eigenvalue weighted by atomic mass is 16.1. The summed E-state index contributed by atoms with van der Waals surface area (Å²) in [6.45, 7) is 6.66. The molecule has 0 bridgehead atoms. The van der Waals surface area contributed by atoms with Gasteiger partial charge in [-0.05, 0) is 61.9 Å². The van der Waals surface area contributed by atoms with E-state index in [4.69, 9.17) is 4.98 Å². The Morgan fingerprint density at radius 3 is 2.67 bits per heavy atom. The third-order valence-electron chi connectivity index (χ3n) is 5.76. The van der Waals surface area contributed by atoms with Gasteiger partial charge in [-0.15, -0.1) is 0 Å². The number of aromatic nitrogens is 2. The van der Waals surface area contributed by atoms with Gasteiger partial charge >= 0.3 is 0 Å². The van der Waals surface area contributed by atoms with Crippen LogP contribution in [0.5, 0.6) is 0 Å². The van der Waals surface area contributed by atoms with Crippen LogP contribution >= 0.6 is 0 Å². The summed E-state index contributed by atoms with van der Waals surface area (Å²) in [7, 11) is 0. The van der Waals surface area contributed by atoms with Crippen molar-refractivity contribution in [3.05, 3.63) is 89.2 Å². The van der Waals surface area contributed by atoms with E-state index in [0.29, 0.717) is 5.56 Å². The Morgan fingerprint density at radius 2 is 1.83 bits per heavy atom. The lowest BCUT2D eigenvalue weighted by atomic mass is 10.1. The Balaban J connectivity index is 1.35. The summed E-state index contributed by atoms with van der Waals surface area (Å²) in [5.41, 5.74) is 7.05. The second-order valence-electron chi connectivity index (χ2n) is 7.91. The number of para-hydroxylation sites is 2. The molecule has 0 fully saturated rings. The van der Waals surface area contributed by atoms with Gasteiger partial charge in [0.05, 0.1) is 17.6 Å². The van der Waals surface area contributed by atoms with Crippen molar-refractivity contribution in [1.29, 1.82) is 0 Å². The highest BCUT2D eigenvalue weighted by Crippen LogP contribution is 2.28. The molecule has 1 aliphatic rings. The number of aryl methyl sites for hydroxylation is 2. The van der Waals surface area contributed by atoms with E-state index in [-0.39, 0.29) is 5.91 Å². The fraction of sp³-hybridized carbons (Fsp3) is 0.200. The number of fused-ring (bicyclic) bond motifs is 3. The molecular weight excluding hydrogens is 372 g/mol. The minimum Gasteiger partial charge on any atom is -0.362 e. The predicted molar refractivity (Wildman–Crippen MR) is 121 cm³/mol. The maximum atomic E-state index is 12.6. The molecule has 1 aliphatic heterocycles. The zero-order chi connectivity index (χ0) is 20.7. The van der Waals surface area contributed by atoms with Crippen LogP contribution in [0.1, 0.15) is 27.3 Å². The molecule has 5 rings (SSSR count). The molecule has 0 saturated heterocycles. The summed E-state index contributed by atoms with van der Waals surface area (Å²) in [5, 5.41) is 3.04. The summed E-state index contributed by atoms with van der Waals surface area (Å²) in [5.74, 6) is 1.01. The molecule has 0 atom stereocenters. The van der Waals surface area contributed by atoms with E-state index >= 15 is 0 Å². The number of anilines is 2. The molecule has 3 aromatic carbocycles. The molecule has 0 radical (unpaired) electrons. The number of benzene rings is 3. The van der Waals surface area contributed by atoms with Gasteiger partial charge in [-0.2, -0.15) is 0 Å². The average Bonchev–Trinajstić information content (AvgIpc) is 3.13. The van der Waals surface area contributed by atoms with Crippen molar-refractivity contribution in [2.75, 3.05) is 16.8 Å². The lowest BCUT2D eigenvalue weighted by molar-refractivity contribution is 0.102. The first kappa shape index (κ1) is 18.4. The predicted octanol–water partition coefficient (Wildman–Crippen LogP) is 4.93. The molecule has 2 heterocycles. The minimum atomic E-state index is -0.0822. The molecule has 0 unspecified atom stereocenters. The van der Waals surface area contributed by atoms with E-state index in [2.05, 4.69) is 45.1 Å². The van der Waals surface area contributed by atoms with Gasteiger partial charge in [-0.1, -0.05) is 29.8 Å². The Hall–Kier alpha value is -3.60. The number of hydrogen-bond donors (Lipinski definition) is 1. The number of nitrogens with zero attached hydrogens (tertiary/aromatic N) is 3. The van der Waals surface area contributed by atoms with E-state index < -0.39 is 0 Å². The highest BCUT2D eigenvalue weighted by molar-refractivity contribution is 6.04. The number of nitrogens with one attached hydrogen (secondary N) is 1. The van der Waals surface area contributed by atoms with Crippen molar-refractivity contribution in [1.82, 2.24) is 9.55 Å². The molecule has 0 spiro atoms. The number of rotatable bonds is 3. The standard InChI is InChI=1S/C25H24N4O/c1-17-6-5-7-19(14-17)25(30)27-21-11-10-20(15-18(21)2)28-12-13-29-23-9-4-3-8-22(23)26-24(29)16-28/h3-11,14-15H,12-13,16H2,1-2H3,(H,27,30). The fourth-order valence-electron chi connectivity index (χ4n) is 4.15. The van der Waals surface area contributed by atoms with E-state index in [9.17, 15) is 4.79 Å². The van der Waals surface area contributed by atoms with Gasteiger partial charge < -0.3 is 14.8 Å². The zero-order valence-corrected chi connectivity index (χ0v) is 17.2. The van der Waals surface area contributed by atoms with Crippen LogP contribution in [0.3, 0.4) is 0 Å². The van der Waals surface area contributed by atoms with Gasteiger partial charge in [0, 0.05) is 30.0 Å². The minimum absolute atomic E-state index is 0.0822. The maximum Gasteiger partial charge on any atom is 0.255 e. The van der Waals surface area contributed by atoms with E-state index in [1.807, 2.05) is 50.2 Å². The number of hydrogen-bond acceptors (Lipinski definition) is 3. The largest absolute Gasteiger partial charge is 0.362 e. The maximum absolute atomic E-state index is 12.6. The summed E-state index contributed by atoms with van der Waals surface area (Å²) in [6, 6.07) is 22.2. The Bertz CT molecular complexity index is 1260. The summed E-state index contributed by atoms with van der Waals surface area (Å²) in [4.78, 5) is 19.8. The lowest BCUT2D eigenvalue weighted by Crippen LogP contribution is -2.33. The van der Waals surface area contributed by atoms with Gasteiger partial charge in [0.2, 0.25) is 0 Å². The van der Waals surface area contributed by atoms with Crippen molar-refractivity contribution >= 4 is 28.3 Å². The first-order valence-electron chi connectivity index (χ1n) is 10.3. The second kappa shape index (κ2) is 7.34. The smallest absolute Gasteiger partial charge is 0.255 e. The molecule has 0 saturated carbocycles. The van der Waals surface area contributed by atoms with E-state index in [1.54, 1.807) is 0 Å². The summed E-state index contributed by atoms with van der Waals surface area (Å²) in [6.07, 6.45) is 0. The molecule has 1 amide bonds. The van der Waals surface area contributed by atoms with Crippen LogP contribution in [-0.4, -0.2) is 22.0 Å². The van der Waals surface area contributed by atoms with Gasteiger partial charge in [0.1, 0.15) is 5.82 Å². The van der Waals surface area contributed by atoms with Gasteiger partial charge in [0.25, 0.3) is 5.91 Å². The quantitative estimate of drug-likeness (QED) is 0.534. The summed E-state index contributed by atoms with van der Waals surface area (Å²) >= 11 is 0. The SMILES string of the molecule is Cc1cccc(C(=O)Nc2ccc(N3CCn4c(nc5ccccc54)C3)cc2C)c1. The highest BCUT2D eigenvalue weighted by Gasteiger charge is 2.20. The monoisotopic (exact) mass is 396 g/mol. The van der Waals surface area contributed by atoms with Gasteiger partial charge in [-0.3, -0.25) is 4.79 Å². The number of imidazole rings is 1. The average molecular weight is 396 g/mol. The van der Waals surface area contributed by atoms with Crippen molar-refractivity contribution < 1.29 is 4.79 Å². The molecule has 30 heavy (non-hydrogen) atoms. The van der Waals surface area contributed by atoms with Crippen molar-refractivity contribution in [2.45, 2.75) is 26.9 Å². The zero-order valence-electron chi connectivity index (χ0n) is 17.2.